The highest BCUT2D eigenvalue weighted by atomic mass is 29.3. The van der Waals surface area contributed by atoms with Gasteiger partial charge in [-0.1, -0.05) is 58.5 Å². The van der Waals surface area contributed by atoms with E-state index in [0.29, 0.717) is 0 Å². The highest BCUT2D eigenvalue weighted by molar-refractivity contribution is 7.41. The Morgan fingerprint density at radius 2 is 1.09 bits per heavy atom. The molecule has 0 aromatic heterocycles. The molecule has 0 N–H and O–H groups in total. The van der Waals surface area contributed by atoms with Crippen LogP contribution in [0.5, 0.6) is 0 Å². The van der Waals surface area contributed by atoms with Crippen molar-refractivity contribution >= 4 is 15.2 Å². The first-order valence-corrected chi connectivity index (χ1v) is 12.1. The average molecular weight is 188 g/mol. The molecule has 0 saturated heterocycles. The van der Waals surface area contributed by atoms with Gasteiger partial charge >= 0.3 is 0 Å². The van der Waals surface area contributed by atoms with E-state index in [-0.39, 0.29) is 0 Å². The Morgan fingerprint density at radius 3 is 1.18 bits per heavy atom. The lowest BCUT2D eigenvalue weighted by Crippen LogP contribution is -2.55. The van der Waals surface area contributed by atoms with Gasteiger partial charge < -0.3 is 0 Å². The number of hydrogen-bond donors (Lipinski definition) is 0. The Morgan fingerprint density at radius 1 is 0.727 bits per heavy atom. The van der Waals surface area contributed by atoms with Crippen molar-refractivity contribution in [2.75, 3.05) is 0 Å². The van der Waals surface area contributed by atoms with E-state index in [1.165, 1.54) is 18.1 Å². The summed E-state index contributed by atoms with van der Waals surface area (Å²) in [6, 6.07) is 4.48. The Hall–Kier alpha value is 0.434. The van der Waals surface area contributed by atoms with Gasteiger partial charge in [-0.15, -0.1) is 0 Å². The van der Waals surface area contributed by atoms with Crippen LogP contribution in [-0.4, -0.2) is 15.2 Å². The van der Waals surface area contributed by atoms with E-state index in [0.717, 1.165) is 0 Å². The molecule has 0 heterocycles. The van der Waals surface area contributed by atoms with E-state index in [9.17, 15) is 0 Å². The number of hydrogen-bond acceptors (Lipinski definition) is 0. The van der Waals surface area contributed by atoms with Crippen molar-refractivity contribution in [2.24, 2.45) is 0 Å². The third kappa shape index (κ3) is 2.18. The summed E-state index contributed by atoms with van der Waals surface area (Å²) in [6.45, 7) is 15.0. The molecule has 0 bridgehead atoms. The summed E-state index contributed by atoms with van der Waals surface area (Å²) in [5.41, 5.74) is 0. The van der Waals surface area contributed by atoms with Crippen LogP contribution in [0.3, 0.4) is 0 Å². The van der Waals surface area contributed by atoms with Gasteiger partial charge in [0.15, 0.2) is 0 Å². The van der Waals surface area contributed by atoms with E-state index in [1.54, 1.807) is 0 Å². The fourth-order valence-corrected chi connectivity index (χ4v) is 13.2. The van der Waals surface area contributed by atoms with Gasteiger partial charge in [0, 0.05) is 15.2 Å². The summed E-state index contributed by atoms with van der Waals surface area (Å²) in [7, 11) is -1.58. The zero-order chi connectivity index (χ0) is 9.12. The maximum Gasteiger partial charge on any atom is 0.0437 e. The molecule has 0 spiro atoms. The zero-order valence-electron chi connectivity index (χ0n) is 9.12. The molecule has 11 heavy (non-hydrogen) atoms. The van der Waals surface area contributed by atoms with Crippen molar-refractivity contribution in [1.82, 2.24) is 0 Å². The molecule has 0 unspecified atom stereocenters. The molecule has 0 aliphatic heterocycles. The molecular weight excluding hydrogens is 164 g/mol. The average Bonchev–Trinajstić information content (AvgIpc) is 2.02. The van der Waals surface area contributed by atoms with Crippen LogP contribution in [0, 0.1) is 0 Å². The molecule has 0 aliphatic carbocycles. The summed E-state index contributed by atoms with van der Waals surface area (Å²) in [4.78, 5) is 0. The first-order valence-electron chi connectivity index (χ1n) is 4.93. The van der Waals surface area contributed by atoms with Gasteiger partial charge in [-0.25, -0.2) is 0 Å². The van der Waals surface area contributed by atoms with Crippen molar-refractivity contribution in [3.8, 4) is 0 Å². The Balaban J connectivity index is 4.47. The topological polar surface area (TPSA) is 0 Å². The molecule has 0 radical (unpaired) electrons. The summed E-state index contributed by atoms with van der Waals surface area (Å²) in [5, 5.41) is 0. The van der Waals surface area contributed by atoms with Gasteiger partial charge in [0.25, 0.3) is 0 Å². The van der Waals surface area contributed by atoms with Crippen LogP contribution >= 0.6 is 0 Å². The van der Waals surface area contributed by atoms with Crippen LogP contribution in [0.15, 0.2) is 0 Å². The molecular formula is C9H24Si2. The quantitative estimate of drug-likeness (QED) is 0.587. The van der Waals surface area contributed by atoms with E-state index in [1.807, 2.05) is 0 Å². The van der Waals surface area contributed by atoms with Gasteiger partial charge in [-0.05, 0) is 0 Å². The minimum absolute atomic E-state index is 0.786. The Kier molecular flexibility index (Phi) is 4.05. The highest BCUT2D eigenvalue weighted by Gasteiger charge is 2.39. The van der Waals surface area contributed by atoms with Crippen LogP contribution < -0.4 is 0 Å². The van der Waals surface area contributed by atoms with Gasteiger partial charge in [-0.3, -0.25) is 0 Å². The molecule has 0 saturated carbocycles. The fourth-order valence-electron chi connectivity index (χ4n) is 1.63. The normalized spacial score (nSPS) is 13.6. The molecule has 0 rings (SSSR count). The van der Waals surface area contributed by atoms with Gasteiger partial charge in [0.1, 0.15) is 0 Å². The van der Waals surface area contributed by atoms with E-state index < -0.39 is 15.2 Å². The molecule has 0 aliphatic rings. The van der Waals surface area contributed by atoms with Crippen molar-refractivity contribution in [3.05, 3.63) is 0 Å². The molecule has 2 heteroatoms. The lowest BCUT2D eigenvalue weighted by atomic mass is 10.9. The second-order valence-electron chi connectivity index (χ2n) is 4.51. The van der Waals surface area contributed by atoms with Gasteiger partial charge in [-0.2, -0.15) is 0 Å². The minimum Gasteiger partial charge on any atom is -0.0713 e. The predicted molar refractivity (Wildman–Crippen MR) is 60.5 cm³/mol. The van der Waals surface area contributed by atoms with E-state index in [4.69, 9.17) is 0 Å². The third-order valence-corrected chi connectivity index (χ3v) is 25.2. The number of rotatable bonds is 4. The second-order valence-corrected chi connectivity index (χ2v) is 21.2. The largest absolute Gasteiger partial charge is 0.0713 e. The fraction of sp³-hybridized carbons (Fsp3) is 1.00. The minimum atomic E-state index is -0.792. The van der Waals surface area contributed by atoms with Crippen molar-refractivity contribution in [1.29, 1.82) is 0 Å². The van der Waals surface area contributed by atoms with E-state index in [2.05, 4.69) is 40.4 Å². The summed E-state index contributed by atoms with van der Waals surface area (Å²) in [5.74, 6) is 0. The summed E-state index contributed by atoms with van der Waals surface area (Å²) >= 11 is 0. The van der Waals surface area contributed by atoms with Crippen LogP contribution in [0.1, 0.15) is 20.8 Å². The molecule has 0 atom stereocenters. The van der Waals surface area contributed by atoms with Crippen LogP contribution in [0.2, 0.25) is 37.8 Å². The SMILES string of the molecule is CC[Si](C)(C)[Si](C)(CC)CC. The smallest absolute Gasteiger partial charge is 0.0437 e. The zero-order valence-corrected chi connectivity index (χ0v) is 11.1. The van der Waals surface area contributed by atoms with Crippen molar-refractivity contribution < 1.29 is 0 Å². The third-order valence-electron chi connectivity index (χ3n) is 4.08. The monoisotopic (exact) mass is 188 g/mol. The first kappa shape index (κ1) is 11.4. The summed E-state index contributed by atoms with van der Waals surface area (Å²) < 4.78 is 0. The van der Waals surface area contributed by atoms with Gasteiger partial charge in [0.05, 0.1) is 0 Å². The van der Waals surface area contributed by atoms with Crippen molar-refractivity contribution in [3.63, 3.8) is 0 Å². The van der Waals surface area contributed by atoms with Crippen LogP contribution in [-0.2, 0) is 0 Å². The standard InChI is InChI=1S/C9H24Si2/c1-7-10(4,5)11(6,8-2)9-3/h7-9H2,1-6H3. The Bertz CT molecular complexity index is 115. The first-order chi connectivity index (χ1) is 4.93. The molecule has 0 aromatic rings. The lowest BCUT2D eigenvalue weighted by molar-refractivity contribution is 1.26. The molecule has 68 valence electrons. The lowest BCUT2D eigenvalue weighted by Gasteiger charge is -2.39. The van der Waals surface area contributed by atoms with Crippen LogP contribution in [0.4, 0.5) is 0 Å². The van der Waals surface area contributed by atoms with Gasteiger partial charge in [0.2, 0.25) is 0 Å². The summed E-state index contributed by atoms with van der Waals surface area (Å²) in [6.07, 6.45) is 0. The maximum atomic E-state index is 2.61. The second kappa shape index (κ2) is 3.90. The highest BCUT2D eigenvalue weighted by Crippen LogP contribution is 2.29. The van der Waals surface area contributed by atoms with Crippen molar-refractivity contribution in [2.45, 2.75) is 58.5 Å². The molecule has 0 nitrogen and oxygen atoms in total. The predicted octanol–water partition coefficient (Wildman–Crippen LogP) is 3.91. The molecule has 0 amide bonds. The van der Waals surface area contributed by atoms with Crippen LogP contribution in [0.25, 0.3) is 0 Å². The molecule has 0 fully saturated rings. The van der Waals surface area contributed by atoms with E-state index >= 15 is 0 Å². The molecule has 0 aromatic carbocycles. The Labute approximate surface area is 74.2 Å². The maximum absolute atomic E-state index is 2.61.